The molecule has 1 N–H and O–H groups in total. The topological polar surface area (TPSA) is 46.9 Å². The highest BCUT2D eigenvalue weighted by atomic mass is 35.5. The molecule has 6 heteroatoms. The molecule has 108 valence electrons. The number of nitrogens with zero attached hydrogens (tertiary/aromatic N) is 2. The van der Waals surface area contributed by atoms with Crippen LogP contribution in [0.3, 0.4) is 0 Å². The summed E-state index contributed by atoms with van der Waals surface area (Å²) in [5.41, 5.74) is 1.28. The fraction of sp³-hybridized carbons (Fsp3) is 0.429. The SMILES string of the molecule is CCNC(=O)C(C)n1c(CCCl)nc2cc(F)ccc21. The van der Waals surface area contributed by atoms with E-state index in [4.69, 9.17) is 11.6 Å². The number of amides is 1. The van der Waals surface area contributed by atoms with Crippen molar-refractivity contribution in [2.45, 2.75) is 26.3 Å². The number of fused-ring (bicyclic) bond motifs is 1. The van der Waals surface area contributed by atoms with Gasteiger partial charge in [-0.2, -0.15) is 0 Å². The molecule has 0 aliphatic rings. The number of benzene rings is 1. The maximum Gasteiger partial charge on any atom is 0.242 e. The quantitative estimate of drug-likeness (QED) is 0.863. The van der Waals surface area contributed by atoms with Gasteiger partial charge in [0.15, 0.2) is 0 Å². The number of nitrogens with one attached hydrogen (secondary N) is 1. The van der Waals surface area contributed by atoms with Crippen molar-refractivity contribution in [2.75, 3.05) is 12.4 Å². The molecule has 2 rings (SSSR count). The zero-order chi connectivity index (χ0) is 14.7. The molecule has 0 radical (unpaired) electrons. The monoisotopic (exact) mass is 297 g/mol. The number of carbonyl (C=O) groups is 1. The van der Waals surface area contributed by atoms with Gasteiger partial charge in [-0.05, 0) is 26.0 Å². The first-order valence-corrected chi connectivity index (χ1v) is 7.12. The van der Waals surface area contributed by atoms with Crippen molar-refractivity contribution in [3.8, 4) is 0 Å². The van der Waals surface area contributed by atoms with Gasteiger partial charge in [-0.25, -0.2) is 9.37 Å². The minimum absolute atomic E-state index is 0.0908. The van der Waals surface area contributed by atoms with E-state index in [1.165, 1.54) is 12.1 Å². The first kappa shape index (κ1) is 14.8. The van der Waals surface area contributed by atoms with Crippen LogP contribution in [0.4, 0.5) is 4.39 Å². The van der Waals surface area contributed by atoms with Crippen molar-refractivity contribution >= 4 is 28.5 Å². The molecule has 1 unspecified atom stereocenters. The molecule has 0 aliphatic carbocycles. The van der Waals surface area contributed by atoms with E-state index in [2.05, 4.69) is 10.3 Å². The largest absolute Gasteiger partial charge is 0.355 e. The highest BCUT2D eigenvalue weighted by Gasteiger charge is 2.21. The summed E-state index contributed by atoms with van der Waals surface area (Å²) in [6.45, 7) is 4.23. The first-order chi connectivity index (χ1) is 9.58. The van der Waals surface area contributed by atoms with Crippen LogP contribution in [0, 0.1) is 5.82 Å². The average Bonchev–Trinajstić information content (AvgIpc) is 2.75. The Labute approximate surface area is 121 Å². The number of imidazole rings is 1. The van der Waals surface area contributed by atoms with Gasteiger partial charge in [0.1, 0.15) is 17.7 Å². The van der Waals surface area contributed by atoms with Crippen molar-refractivity contribution in [1.29, 1.82) is 0 Å². The van der Waals surface area contributed by atoms with Crippen LogP contribution in [-0.4, -0.2) is 27.9 Å². The van der Waals surface area contributed by atoms with Gasteiger partial charge in [-0.15, -0.1) is 11.6 Å². The number of aromatic nitrogens is 2. The average molecular weight is 298 g/mol. The molecule has 1 atom stereocenters. The van der Waals surface area contributed by atoms with E-state index in [1.807, 2.05) is 11.5 Å². The van der Waals surface area contributed by atoms with Crippen molar-refractivity contribution in [2.24, 2.45) is 0 Å². The Morgan fingerprint density at radius 3 is 2.95 bits per heavy atom. The second-order valence-electron chi connectivity index (χ2n) is 4.54. The lowest BCUT2D eigenvalue weighted by atomic mass is 10.2. The highest BCUT2D eigenvalue weighted by molar-refractivity contribution is 6.17. The third-order valence-corrected chi connectivity index (χ3v) is 3.35. The molecular weight excluding hydrogens is 281 g/mol. The third-order valence-electron chi connectivity index (χ3n) is 3.16. The molecule has 0 aliphatic heterocycles. The molecule has 0 fully saturated rings. The van der Waals surface area contributed by atoms with E-state index in [0.717, 1.165) is 5.52 Å². The highest BCUT2D eigenvalue weighted by Crippen LogP contribution is 2.23. The molecule has 1 aromatic carbocycles. The van der Waals surface area contributed by atoms with Crippen LogP contribution < -0.4 is 5.32 Å². The lowest BCUT2D eigenvalue weighted by Gasteiger charge is -2.16. The molecule has 0 spiro atoms. The molecular formula is C14H17ClFN3O. The number of hydrogen-bond donors (Lipinski definition) is 1. The minimum Gasteiger partial charge on any atom is -0.355 e. The number of likely N-dealkylation sites (N-methyl/N-ethyl adjacent to an activating group) is 1. The van der Waals surface area contributed by atoms with Crippen molar-refractivity contribution in [3.05, 3.63) is 29.8 Å². The normalized spacial score (nSPS) is 12.6. The molecule has 4 nitrogen and oxygen atoms in total. The Balaban J connectivity index is 2.53. The van der Waals surface area contributed by atoms with Crippen molar-refractivity contribution < 1.29 is 9.18 Å². The van der Waals surface area contributed by atoms with Crippen LogP contribution in [0.15, 0.2) is 18.2 Å². The summed E-state index contributed by atoms with van der Waals surface area (Å²) < 4.78 is 15.1. The lowest BCUT2D eigenvalue weighted by Crippen LogP contribution is -2.31. The Hall–Kier alpha value is -1.62. The number of halogens is 2. The summed E-state index contributed by atoms with van der Waals surface area (Å²) >= 11 is 5.78. The van der Waals surface area contributed by atoms with E-state index >= 15 is 0 Å². The zero-order valence-corrected chi connectivity index (χ0v) is 12.2. The van der Waals surface area contributed by atoms with Gasteiger partial charge in [0.25, 0.3) is 0 Å². The van der Waals surface area contributed by atoms with Gasteiger partial charge in [0.05, 0.1) is 11.0 Å². The zero-order valence-electron chi connectivity index (χ0n) is 11.5. The molecule has 2 aromatic rings. The summed E-state index contributed by atoms with van der Waals surface area (Å²) in [7, 11) is 0. The number of rotatable bonds is 5. The van der Waals surface area contributed by atoms with E-state index in [1.54, 1.807) is 13.0 Å². The summed E-state index contributed by atoms with van der Waals surface area (Å²) in [6.07, 6.45) is 0.529. The van der Waals surface area contributed by atoms with Gasteiger partial charge in [-0.1, -0.05) is 0 Å². The standard InChI is InChI=1S/C14H17ClFN3O/c1-3-17-14(20)9(2)19-12-5-4-10(16)8-11(12)18-13(19)6-7-15/h4-5,8-9H,3,6-7H2,1-2H3,(H,17,20). The fourth-order valence-corrected chi connectivity index (χ4v) is 2.42. The van der Waals surface area contributed by atoms with Crippen molar-refractivity contribution in [1.82, 2.24) is 14.9 Å². The Kier molecular flexibility index (Phi) is 4.60. The lowest BCUT2D eigenvalue weighted by molar-refractivity contribution is -0.123. The van der Waals surface area contributed by atoms with E-state index in [0.29, 0.717) is 30.2 Å². The van der Waals surface area contributed by atoms with Gasteiger partial charge in [0.2, 0.25) is 5.91 Å². The van der Waals surface area contributed by atoms with Gasteiger partial charge < -0.3 is 9.88 Å². The van der Waals surface area contributed by atoms with Gasteiger partial charge >= 0.3 is 0 Å². The summed E-state index contributed by atoms with van der Waals surface area (Å²) in [5, 5.41) is 2.78. The van der Waals surface area contributed by atoms with Crippen LogP contribution in [0.2, 0.25) is 0 Å². The predicted molar refractivity (Wildman–Crippen MR) is 77.5 cm³/mol. The Bertz CT molecular complexity index is 626. The smallest absolute Gasteiger partial charge is 0.242 e. The maximum atomic E-state index is 13.3. The van der Waals surface area contributed by atoms with Crippen LogP contribution in [-0.2, 0) is 11.2 Å². The molecule has 1 heterocycles. The predicted octanol–water partition coefficient (Wildman–Crippen LogP) is 2.65. The fourth-order valence-electron chi connectivity index (χ4n) is 2.25. The van der Waals surface area contributed by atoms with Crippen molar-refractivity contribution in [3.63, 3.8) is 0 Å². The number of alkyl halides is 1. The Morgan fingerprint density at radius 1 is 1.55 bits per heavy atom. The molecule has 20 heavy (non-hydrogen) atoms. The molecule has 1 aromatic heterocycles. The maximum absolute atomic E-state index is 13.3. The number of aryl methyl sites for hydroxylation is 1. The van der Waals surface area contributed by atoms with Crippen LogP contribution >= 0.6 is 11.6 Å². The number of carbonyl (C=O) groups excluding carboxylic acids is 1. The summed E-state index contributed by atoms with van der Waals surface area (Å²) in [4.78, 5) is 16.4. The summed E-state index contributed by atoms with van der Waals surface area (Å²) in [6, 6.07) is 3.97. The minimum atomic E-state index is -0.413. The molecule has 0 bridgehead atoms. The first-order valence-electron chi connectivity index (χ1n) is 6.58. The molecule has 0 saturated carbocycles. The Morgan fingerprint density at radius 2 is 2.30 bits per heavy atom. The van der Waals surface area contributed by atoms with E-state index in [-0.39, 0.29) is 11.7 Å². The van der Waals surface area contributed by atoms with E-state index in [9.17, 15) is 9.18 Å². The molecule has 0 saturated heterocycles. The van der Waals surface area contributed by atoms with Gasteiger partial charge in [0, 0.05) is 24.9 Å². The van der Waals surface area contributed by atoms with Crippen LogP contribution in [0.1, 0.15) is 25.7 Å². The van der Waals surface area contributed by atoms with Crippen LogP contribution in [0.5, 0.6) is 0 Å². The summed E-state index contributed by atoms with van der Waals surface area (Å²) in [5.74, 6) is 0.657. The second kappa shape index (κ2) is 6.22. The van der Waals surface area contributed by atoms with E-state index < -0.39 is 6.04 Å². The van der Waals surface area contributed by atoms with Crippen LogP contribution in [0.25, 0.3) is 11.0 Å². The second-order valence-corrected chi connectivity index (χ2v) is 4.92. The third kappa shape index (κ3) is 2.77. The molecule has 1 amide bonds. The van der Waals surface area contributed by atoms with Gasteiger partial charge in [-0.3, -0.25) is 4.79 Å². The number of hydrogen-bond acceptors (Lipinski definition) is 2.